The number of fused-ring (bicyclic) bond motifs is 1. The van der Waals surface area contributed by atoms with Crippen LogP contribution in [0.4, 0.5) is 0 Å². The zero-order valence-electron chi connectivity index (χ0n) is 10.1. The average Bonchev–Trinajstić information content (AvgIpc) is 2.89. The van der Waals surface area contributed by atoms with Crippen molar-refractivity contribution in [2.75, 3.05) is 0 Å². The molecule has 0 saturated carbocycles. The lowest BCUT2D eigenvalue weighted by molar-refractivity contribution is 1.14. The number of hydrogen-bond donors (Lipinski definition) is 1. The van der Waals surface area contributed by atoms with Crippen LogP contribution in [0.1, 0.15) is 12.5 Å². The Kier molecular flexibility index (Phi) is 3.98. The molecule has 0 fully saturated rings. The Balaban J connectivity index is 0.000000128. The van der Waals surface area contributed by atoms with Gasteiger partial charge in [0.15, 0.2) is 0 Å². The highest BCUT2D eigenvalue weighted by molar-refractivity contribution is 5.78. The molecule has 0 atom stereocenters. The number of benzene rings is 2. The second-order valence-corrected chi connectivity index (χ2v) is 3.90. The molecular weight excluding hydrogens is 206 g/mol. The second kappa shape index (κ2) is 5.90. The first kappa shape index (κ1) is 11.5. The molecule has 2 aromatic carbocycles. The standard InChI is InChI=1S/C8H7N.C8H10/c1-2-4-8-7(3-1)5-6-9-8;1-2-8-6-4-3-5-7-8/h1-6,9H;3-7H,2H2,1H3. The van der Waals surface area contributed by atoms with E-state index in [0.29, 0.717) is 0 Å². The Hall–Kier alpha value is -2.02. The molecule has 1 heterocycles. The maximum Gasteiger partial charge on any atom is 0.0453 e. The molecule has 0 spiro atoms. The summed E-state index contributed by atoms with van der Waals surface area (Å²) in [5, 5.41) is 1.28. The predicted octanol–water partition coefficient (Wildman–Crippen LogP) is 4.42. The van der Waals surface area contributed by atoms with Gasteiger partial charge in [-0.3, -0.25) is 0 Å². The van der Waals surface area contributed by atoms with E-state index >= 15 is 0 Å². The van der Waals surface area contributed by atoms with E-state index in [1.807, 2.05) is 24.4 Å². The van der Waals surface area contributed by atoms with E-state index in [0.717, 1.165) is 6.42 Å². The van der Waals surface area contributed by atoms with Gasteiger partial charge in [-0.15, -0.1) is 0 Å². The predicted molar refractivity (Wildman–Crippen MR) is 74.1 cm³/mol. The molecule has 1 N–H and O–H groups in total. The molecule has 1 heteroatoms. The molecule has 1 nitrogen and oxygen atoms in total. The minimum Gasteiger partial charge on any atom is -0.361 e. The molecule has 3 aromatic rings. The molecule has 0 bridgehead atoms. The fourth-order valence-corrected chi connectivity index (χ4v) is 1.71. The summed E-state index contributed by atoms with van der Waals surface area (Å²) in [4.78, 5) is 3.12. The number of H-pyrrole nitrogens is 1. The molecular formula is C16H17N. The molecule has 0 amide bonds. The van der Waals surface area contributed by atoms with Gasteiger partial charge in [-0.05, 0) is 29.5 Å². The van der Waals surface area contributed by atoms with Crippen molar-refractivity contribution in [1.29, 1.82) is 0 Å². The van der Waals surface area contributed by atoms with Crippen LogP contribution in [0.3, 0.4) is 0 Å². The fourth-order valence-electron chi connectivity index (χ4n) is 1.71. The SMILES string of the molecule is CCc1ccccc1.c1ccc2[nH]ccc2c1. The van der Waals surface area contributed by atoms with Crippen molar-refractivity contribution in [3.05, 3.63) is 72.4 Å². The molecule has 0 aliphatic rings. The first-order valence-corrected chi connectivity index (χ1v) is 5.96. The van der Waals surface area contributed by atoms with Crippen molar-refractivity contribution >= 4 is 10.9 Å². The molecule has 17 heavy (non-hydrogen) atoms. The van der Waals surface area contributed by atoms with Crippen molar-refractivity contribution in [1.82, 2.24) is 4.98 Å². The zero-order chi connectivity index (χ0) is 11.9. The lowest BCUT2D eigenvalue weighted by atomic mass is 10.2. The van der Waals surface area contributed by atoms with Gasteiger partial charge in [-0.2, -0.15) is 0 Å². The van der Waals surface area contributed by atoms with E-state index in [9.17, 15) is 0 Å². The first-order chi connectivity index (χ1) is 8.40. The van der Waals surface area contributed by atoms with Crippen LogP contribution in [0.5, 0.6) is 0 Å². The van der Waals surface area contributed by atoms with E-state index in [-0.39, 0.29) is 0 Å². The van der Waals surface area contributed by atoms with Crippen LogP contribution in [0.2, 0.25) is 0 Å². The Morgan fingerprint density at radius 1 is 0.824 bits per heavy atom. The summed E-state index contributed by atoms with van der Waals surface area (Å²) in [6, 6.07) is 20.7. The maximum absolute atomic E-state index is 3.12. The number of aromatic amines is 1. The van der Waals surface area contributed by atoms with Crippen molar-refractivity contribution in [2.24, 2.45) is 0 Å². The quantitative estimate of drug-likeness (QED) is 0.628. The number of rotatable bonds is 1. The third-order valence-corrected chi connectivity index (χ3v) is 2.71. The van der Waals surface area contributed by atoms with Crippen LogP contribution in [-0.2, 0) is 6.42 Å². The smallest absolute Gasteiger partial charge is 0.0453 e. The van der Waals surface area contributed by atoms with Gasteiger partial charge in [-0.25, -0.2) is 0 Å². The number of aromatic nitrogens is 1. The highest BCUT2D eigenvalue weighted by atomic mass is 14.6. The fraction of sp³-hybridized carbons (Fsp3) is 0.125. The van der Waals surface area contributed by atoms with Crippen LogP contribution >= 0.6 is 0 Å². The summed E-state index contributed by atoms with van der Waals surface area (Å²) in [6.07, 6.45) is 3.09. The summed E-state index contributed by atoms with van der Waals surface area (Å²) in [5.74, 6) is 0. The highest BCUT2D eigenvalue weighted by Crippen LogP contribution is 2.09. The highest BCUT2D eigenvalue weighted by Gasteiger charge is 1.86. The molecule has 0 unspecified atom stereocenters. The average molecular weight is 223 g/mol. The third-order valence-electron chi connectivity index (χ3n) is 2.71. The monoisotopic (exact) mass is 223 g/mol. The van der Waals surface area contributed by atoms with Crippen molar-refractivity contribution in [3.8, 4) is 0 Å². The summed E-state index contributed by atoms with van der Waals surface area (Å²) in [7, 11) is 0. The van der Waals surface area contributed by atoms with Gasteiger partial charge in [0.2, 0.25) is 0 Å². The van der Waals surface area contributed by atoms with Gasteiger partial charge in [0.05, 0.1) is 0 Å². The van der Waals surface area contributed by atoms with Gasteiger partial charge in [0.25, 0.3) is 0 Å². The summed E-state index contributed by atoms with van der Waals surface area (Å²) in [6.45, 7) is 2.16. The number of nitrogens with one attached hydrogen (secondary N) is 1. The lowest BCUT2D eigenvalue weighted by Gasteiger charge is -1.89. The molecule has 1 aromatic heterocycles. The summed E-state index contributed by atoms with van der Waals surface area (Å²) in [5.41, 5.74) is 2.62. The van der Waals surface area contributed by atoms with E-state index in [4.69, 9.17) is 0 Å². The third kappa shape index (κ3) is 3.22. The molecule has 0 aliphatic carbocycles. The maximum atomic E-state index is 3.12. The van der Waals surface area contributed by atoms with E-state index in [1.165, 1.54) is 16.5 Å². The minimum absolute atomic E-state index is 1.14. The number of aryl methyl sites for hydroxylation is 1. The molecule has 0 radical (unpaired) electrons. The van der Waals surface area contributed by atoms with E-state index in [1.54, 1.807) is 0 Å². The number of para-hydroxylation sites is 1. The van der Waals surface area contributed by atoms with Crippen LogP contribution in [0.25, 0.3) is 10.9 Å². The van der Waals surface area contributed by atoms with Gasteiger partial charge >= 0.3 is 0 Å². The zero-order valence-corrected chi connectivity index (χ0v) is 10.1. The molecule has 3 rings (SSSR count). The van der Waals surface area contributed by atoms with Gasteiger partial charge in [0, 0.05) is 11.7 Å². The van der Waals surface area contributed by atoms with Gasteiger partial charge < -0.3 is 4.98 Å². The normalized spacial score (nSPS) is 9.71. The van der Waals surface area contributed by atoms with E-state index in [2.05, 4.69) is 54.4 Å². The van der Waals surface area contributed by atoms with Crippen molar-refractivity contribution in [2.45, 2.75) is 13.3 Å². The van der Waals surface area contributed by atoms with Crippen LogP contribution in [-0.4, -0.2) is 4.98 Å². The molecule has 0 saturated heterocycles. The number of hydrogen-bond acceptors (Lipinski definition) is 0. The lowest BCUT2D eigenvalue weighted by Crippen LogP contribution is -1.73. The largest absolute Gasteiger partial charge is 0.361 e. The topological polar surface area (TPSA) is 15.8 Å². The summed E-state index contributed by atoms with van der Waals surface area (Å²) < 4.78 is 0. The van der Waals surface area contributed by atoms with Crippen molar-refractivity contribution < 1.29 is 0 Å². The molecule has 86 valence electrons. The van der Waals surface area contributed by atoms with Crippen molar-refractivity contribution in [3.63, 3.8) is 0 Å². The van der Waals surface area contributed by atoms with Crippen LogP contribution in [0.15, 0.2) is 66.9 Å². The van der Waals surface area contributed by atoms with Gasteiger partial charge in [0.1, 0.15) is 0 Å². The Morgan fingerprint density at radius 3 is 2.18 bits per heavy atom. The van der Waals surface area contributed by atoms with Crippen LogP contribution in [0, 0.1) is 0 Å². The Labute approximate surface area is 102 Å². The Bertz CT molecular complexity index is 522. The first-order valence-electron chi connectivity index (χ1n) is 5.96. The molecule has 0 aliphatic heterocycles. The second-order valence-electron chi connectivity index (χ2n) is 3.90. The van der Waals surface area contributed by atoms with Gasteiger partial charge in [-0.1, -0.05) is 55.5 Å². The minimum atomic E-state index is 1.14. The van der Waals surface area contributed by atoms with Crippen LogP contribution < -0.4 is 0 Å². The Morgan fingerprint density at radius 2 is 1.53 bits per heavy atom. The van der Waals surface area contributed by atoms with E-state index < -0.39 is 0 Å². The summed E-state index contributed by atoms with van der Waals surface area (Å²) >= 11 is 0.